The van der Waals surface area contributed by atoms with Gasteiger partial charge < -0.3 is 14.8 Å². The average molecular weight is 367 g/mol. The van der Waals surface area contributed by atoms with E-state index in [4.69, 9.17) is 9.47 Å². The van der Waals surface area contributed by atoms with Crippen molar-refractivity contribution in [3.8, 4) is 11.5 Å². The largest absolute Gasteiger partial charge is 0.497 e. The zero-order chi connectivity index (χ0) is 19.4. The molecule has 2 aromatic rings. The summed E-state index contributed by atoms with van der Waals surface area (Å²) in [5, 5.41) is 3.14. The van der Waals surface area contributed by atoms with Crippen LogP contribution in [0, 0.1) is 6.92 Å². The molecule has 0 bridgehead atoms. The van der Waals surface area contributed by atoms with Crippen molar-refractivity contribution in [1.82, 2.24) is 5.32 Å². The normalized spacial score (nSPS) is 16.0. The Hall–Kier alpha value is -2.49. The van der Waals surface area contributed by atoms with Gasteiger partial charge >= 0.3 is 0 Å². The Morgan fingerprint density at radius 1 is 1.22 bits per heavy atom. The van der Waals surface area contributed by atoms with Crippen molar-refractivity contribution in [3.63, 3.8) is 0 Å². The number of fused-ring (bicyclic) bond motifs is 1. The van der Waals surface area contributed by atoms with Gasteiger partial charge in [0.2, 0.25) is 0 Å². The summed E-state index contributed by atoms with van der Waals surface area (Å²) >= 11 is 0. The first-order valence-corrected chi connectivity index (χ1v) is 9.67. The molecule has 0 fully saturated rings. The summed E-state index contributed by atoms with van der Waals surface area (Å²) in [4.78, 5) is 12.5. The molecule has 1 aliphatic rings. The molecule has 3 rings (SSSR count). The van der Waals surface area contributed by atoms with E-state index in [1.165, 1.54) is 11.1 Å². The first-order chi connectivity index (χ1) is 13.0. The highest BCUT2D eigenvalue weighted by molar-refractivity contribution is 5.78. The fraction of sp³-hybridized carbons (Fsp3) is 0.435. The van der Waals surface area contributed by atoms with Gasteiger partial charge in [0.25, 0.3) is 5.91 Å². The van der Waals surface area contributed by atoms with Crippen molar-refractivity contribution in [3.05, 3.63) is 58.7 Å². The highest BCUT2D eigenvalue weighted by Crippen LogP contribution is 2.32. The molecular weight excluding hydrogens is 338 g/mol. The van der Waals surface area contributed by atoms with Crippen molar-refractivity contribution < 1.29 is 14.3 Å². The van der Waals surface area contributed by atoms with E-state index in [1.54, 1.807) is 7.11 Å². The lowest BCUT2D eigenvalue weighted by molar-refractivity contribution is -0.124. The molecule has 27 heavy (non-hydrogen) atoms. The van der Waals surface area contributed by atoms with E-state index in [1.807, 2.05) is 19.1 Å². The van der Waals surface area contributed by atoms with E-state index in [-0.39, 0.29) is 18.6 Å². The van der Waals surface area contributed by atoms with Crippen molar-refractivity contribution in [2.75, 3.05) is 13.7 Å². The van der Waals surface area contributed by atoms with Gasteiger partial charge in [-0.05, 0) is 72.6 Å². The second kappa shape index (κ2) is 8.47. The molecule has 1 atom stereocenters. The maximum Gasteiger partial charge on any atom is 0.258 e. The lowest BCUT2D eigenvalue weighted by Crippen LogP contribution is -2.34. The van der Waals surface area contributed by atoms with Gasteiger partial charge in [0.05, 0.1) is 13.2 Å². The highest BCUT2D eigenvalue weighted by atomic mass is 16.5. The number of ether oxygens (including phenoxy) is 2. The van der Waals surface area contributed by atoms with Gasteiger partial charge in [-0.3, -0.25) is 4.79 Å². The van der Waals surface area contributed by atoms with E-state index in [9.17, 15) is 4.79 Å². The zero-order valence-electron chi connectivity index (χ0n) is 16.7. The molecule has 1 N–H and O–H groups in total. The zero-order valence-corrected chi connectivity index (χ0v) is 16.7. The van der Waals surface area contributed by atoms with Crippen LogP contribution >= 0.6 is 0 Å². The second-order valence-corrected chi connectivity index (χ2v) is 7.56. The van der Waals surface area contributed by atoms with E-state index in [0.29, 0.717) is 5.92 Å². The molecular formula is C23H29NO3. The van der Waals surface area contributed by atoms with Crippen LogP contribution in [0.4, 0.5) is 0 Å². The second-order valence-electron chi connectivity index (χ2n) is 7.56. The van der Waals surface area contributed by atoms with E-state index >= 15 is 0 Å². The Morgan fingerprint density at radius 2 is 2.04 bits per heavy atom. The summed E-state index contributed by atoms with van der Waals surface area (Å²) in [5.41, 5.74) is 4.70. The fourth-order valence-electron chi connectivity index (χ4n) is 3.69. The molecule has 0 saturated carbocycles. The number of methoxy groups -OCH3 is 1. The number of aryl methyl sites for hydroxylation is 2. The van der Waals surface area contributed by atoms with Gasteiger partial charge in [-0.15, -0.1) is 0 Å². The lowest BCUT2D eigenvalue weighted by Gasteiger charge is -2.27. The first kappa shape index (κ1) is 19.3. The summed E-state index contributed by atoms with van der Waals surface area (Å²) in [7, 11) is 1.68. The van der Waals surface area contributed by atoms with Gasteiger partial charge in [0.1, 0.15) is 11.5 Å². The van der Waals surface area contributed by atoms with Crippen LogP contribution in [-0.2, 0) is 11.2 Å². The minimum Gasteiger partial charge on any atom is -0.497 e. The van der Waals surface area contributed by atoms with Crippen molar-refractivity contribution >= 4 is 5.91 Å². The molecule has 0 unspecified atom stereocenters. The van der Waals surface area contributed by atoms with Crippen molar-refractivity contribution in [2.24, 2.45) is 0 Å². The van der Waals surface area contributed by atoms with Crippen molar-refractivity contribution in [2.45, 2.75) is 52.0 Å². The molecule has 2 aromatic carbocycles. The Labute approximate surface area is 161 Å². The first-order valence-electron chi connectivity index (χ1n) is 9.67. The van der Waals surface area contributed by atoms with Crippen LogP contribution in [0.5, 0.6) is 11.5 Å². The third-order valence-electron chi connectivity index (χ3n) is 5.15. The van der Waals surface area contributed by atoms with Gasteiger partial charge in [-0.1, -0.05) is 32.0 Å². The molecule has 0 spiro atoms. The topological polar surface area (TPSA) is 47.6 Å². The number of benzene rings is 2. The van der Waals surface area contributed by atoms with E-state index < -0.39 is 0 Å². The molecule has 1 amide bonds. The van der Waals surface area contributed by atoms with Crippen LogP contribution in [0.15, 0.2) is 36.4 Å². The van der Waals surface area contributed by atoms with E-state index in [2.05, 4.69) is 43.4 Å². The van der Waals surface area contributed by atoms with Crippen LogP contribution in [0.1, 0.15) is 60.9 Å². The van der Waals surface area contributed by atoms with Crippen LogP contribution in [0.3, 0.4) is 0 Å². The maximum absolute atomic E-state index is 12.5. The van der Waals surface area contributed by atoms with Gasteiger partial charge in [-0.25, -0.2) is 0 Å². The maximum atomic E-state index is 12.5. The third kappa shape index (κ3) is 4.62. The molecule has 4 nitrogen and oxygen atoms in total. The smallest absolute Gasteiger partial charge is 0.258 e. The molecule has 0 aromatic heterocycles. The van der Waals surface area contributed by atoms with Crippen LogP contribution in [-0.4, -0.2) is 19.6 Å². The average Bonchev–Trinajstić information content (AvgIpc) is 2.66. The standard InChI is InChI=1S/C23H29NO3/c1-15(2)19-10-8-16(3)12-22(19)27-14-23(25)24-21-7-5-6-17-13-18(26-4)9-11-20(17)21/h8-13,15,21H,5-7,14H2,1-4H3,(H,24,25)/t21-/m0/s1. The Morgan fingerprint density at radius 3 is 2.78 bits per heavy atom. The van der Waals surface area contributed by atoms with Gasteiger partial charge in [0.15, 0.2) is 6.61 Å². The summed E-state index contributed by atoms with van der Waals surface area (Å²) in [5.74, 6) is 1.93. The molecule has 144 valence electrons. The summed E-state index contributed by atoms with van der Waals surface area (Å²) in [6.45, 7) is 6.32. The SMILES string of the molecule is COc1ccc2c(c1)CCC[C@@H]2NC(=O)COc1cc(C)ccc1C(C)C. The Balaban J connectivity index is 1.65. The third-order valence-corrected chi connectivity index (χ3v) is 5.15. The van der Waals surface area contributed by atoms with Crippen LogP contribution in [0.25, 0.3) is 0 Å². The van der Waals surface area contributed by atoms with Crippen LogP contribution in [0.2, 0.25) is 0 Å². The van der Waals surface area contributed by atoms with Crippen molar-refractivity contribution in [1.29, 1.82) is 0 Å². The predicted molar refractivity (Wildman–Crippen MR) is 108 cm³/mol. The van der Waals surface area contributed by atoms with Crippen LogP contribution < -0.4 is 14.8 Å². The minimum absolute atomic E-state index is 0.0329. The van der Waals surface area contributed by atoms with Gasteiger partial charge in [0, 0.05) is 0 Å². The summed E-state index contributed by atoms with van der Waals surface area (Å²) in [6, 6.07) is 12.3. The number of hydrogen-bond donors (Lipinski definition) is 1. The highest BCUT2D eigenvalue weighted by Gasteiger charge is 2.22. The number of hydrogen-bond acceptors (Lipinski definition) is 3. The van der Waals surface area contributed by atoms with E-state index in [0.717, 1.165) is 41.9 Å². The summed E-state index contributed by atoms with van der Waals surface area (Å²) in [6.07, 6.45) is 3.03. The molecule has 0 radical (unpaired) electrons. The molecule has 1 aliphatic carbocycles. The van der Waals surface area contributed by atoms with Gasteiger partial charge in [-0.2, -0.15) is 0 Å². The predicted octanol–water partition coefficient (Wildman–Crippen LogP) is 4.70. The molecule has 0 heterocycles. The molecule has 0 aliphatic heterocycles. The number of amides is 1. The molecule has 0 saturated heterocycles. The number of nitrogens with one attached hydrogen (secondary N) is 1. The Kier molecular flexibility index (Phi) is 6.04. The Bertz CT molecular complexity index is 813. The lowest BCUT2D eigenvalue weighted by atomic mass is 9.87. The summed E-state index contributed by atoms with van der Waals surface area (Å²) < 4.78 is 11.2. The number of carbonyl (C=O) groups is 1. The quantitative estimate of drug-likeness (QED) is 0.805. The monoisotopic (exact) mass is 367 g/mol. The number of rotatable bonds is 6. The minimum atomic E-state index is -0.0834. The number of carbonyl (C=O) groups excluding carboxylic acids is 1. The molecule has 4 heteroatoms. The fourth-order valence-corrected chi connectivity index (χ4v) is 3.69.